The van der Waals surface area contributed by atoms with Gasteiger partial charge in [-0.25, -0.2) is 9.97 Å². The van der Waals surface area contributed by atoms with Crippen molar-refractivity contribution < 1.29 is 9.84 Å². The Morgan fingerprint density at radius 1 is 1.30 bits per heavy atom. The van der Waals surface area contributed by atoms with Crippen LogP contribution in [-0.4, -0.2) is 27.2 Å². The molecule has 1 aromatic carbocycles. The molecule has 0 unspecified atom stereocenters. The number of nitrogens with one attached hydrogen (secondary N) is 1. The molecule has 0 bridgehead atoms. The molecule has 3 aromatic rings. The summed E-state index contributed by atoms with van der Waals surface area (Å²) in [5, 5.41) is 14.8. The summed E-state index contributed by atoms with van der Waals surface area (Å²) < 4.78 is 6.89. The highest BCUT2D eigenvalue weighted by molar-refractivity contribution is 7.22. The van der Waals surface area contributed by atoms with E-state index in [9.17, 15) is 5.11 Å². The molecule has 1 fully saturated rings. The molecular formula is C19H21ClN4O2S. The number of benzene rings is 1. The molecule has 0 spiro atoms. The van der Waals surface area contributed by atoms with Gasteiger partial charge in [0.15, 0.2) is 5.13 Å². The smallest absolute Gasteiger partial charge is 0.184 e. The SMILES string of the molecule is Nc1nccc(COc2ccc3nc(N[C@H]4CCCC[C@@H]4O)sc3c2)c1Cl. The second-order valence-corrected chi connectivity index (χ2v) is 8.12. The quantitative estimate of drug-likeness (QED) is 0.589. The predicted molar refractivity (Wildman–Crippen MR) is 109 cm³/mol. The van der Waals surface area contributed by atoms with Crippen LogP contribution < -0.4 is 15.8 Å². The van der Waals surface area contributed by atoms with Crippen molar-refractivity contribution in [2.75, 3.05) is 11.1 Å². The molecule has 4 N–H and O–H groups in total. The van der Waals surface area contributed by atoms with Crippen LogP contribution in [0.3, 0.4) is 0 Å². The molecule has 27 heavy (non-hydrogen) atoms. The summed E-state index contributed by atoms with van der Waals surface area (Å²) in [6.45, 7) is 0.315. The lowest BCUT2D eigenvalue weighted by Gasteiger charge is -2.27. The number of aliphatic hydroxyl groups is 1. The highest BCUT2D eigenvalue weighted by Crippen LogP contribution is 2.32. The minimum atomic E-state index is -0.304. The van der Waals surface area contributed by atoms with E-state index in [4.69, 9.17) is 22.1 Å². The number of nitrogens with two attached hydrogens (primary N) is 1. The molecular weight excluding hydrogens is 384 g/mol. The number of aromatic nitrogens is 2. The number of nitrogen functional groups attached to an aromatic ring is 1. The Balaban J connectivity index is 1.46. The Bertz CT molecular complexity index is 949. The van der Waals surface area contributed by atoms with Gasteiger partial charge in [0.2, 0.25) is 0 Å². The van der Waals surface area contributed by atoms with Gasteiger partial charge >= 0.3 is 0 Å². The molecule has 1 aliphatic rings. The van der Waals surface area contributed by atoms with Gasteiger partial charge in [-0.3, -0.25) is 0 Å². The Morgan fingerprint density at radius 2 is 2.15 bits per heavy atom. The highest BCUT2D eigenvalue weighted by Gasteiger charge is 2.23. The lowest BCUT2D eigenvalue weighted by molar-refractivity contribution is 0.116. The third-order valence-electron chi connectivity index (χ3n) is 4.79. The van der Waals surface area contributed by atoms with E-state index in [0.29, 0.717) is 17.4 Å². The van der Waals surface area contributed by atoms with Crippen LogP contribution in [0.15, 0.2) is 30.5 Å². The molecule has 6 nitrogen and oxygen atoms in total. The van der Waals surface area contributed by atoms with Crippen LogP contribution in [0.4, 0.5) is 10.9 Å². The van der Waals surface area contributed by atoms with Crippen molar-refractivity contribution in [2.45, 2.75) is 44.4 Å². The highest BCUT2D eigenvalue weighted by atomic mass is 35.5. The molecule has 1 aliphatic carbocycles. The Kier molecular flexibility index (Phi) is 5.33. The summed E-state index contributed by atoms with van der Waals surface area (Å²) in [5.74, 6) is 1.04. The number of rotatable bonds is 5. The zero-order valence-electron chi connectivity index (χ0n) is 14.7. The lowest BCUT2D eigenvalue weighted by Crippen LogP contribution is -2.36. The normalized spacial score (nSPS) is 19.9. The first-order valence-electron chi connectivity index (χ1n) is 8.97. The Hall–Kier alpha value is -2.09. The van der Waals surface area contributed by atoms with E-state index in [1.165, 1.54) is 0 Å². The van der Waals surface area contributed by atoms with Crippen LogP contribution in [0, 0.1) is 0 Å². The molecule has 2 atom stereocenters. The van der Waals surface area contributed by atoms with Gasteiger partial charge in [-0.2, -0.15) is 0 Å². The maximum Gasteiger partial charge on any atom is 0.184 e. The maximum atomic E-state index is 10.1. The van der Waals surface area contributed by atoms with Gasteiger partial charge in [0, 0.05) is 11.8 Å². The summed E-state index contributed by atoms with van der Waals surface area (Å²) in [5.41, 5.74) is 7.43. The number of fused-ring (bicyclic) bond motifs is 1. The third-order valence-corrected chi connectivity index (χ3v) is 6.17. The standard InChI is InChI=1S/C19H21ClN4O2S/c20-17-11(7-8-22-18(17)21)10-26-12-5-6-14-16(9-12)27-19(24-14)23-13-3-1-2-4-15(13)25/h5-9,13,15,25H,1-4,10H2,(H2,21,22)(H,23,24)/t13-,15-/m0/s1. The van der Waals surface area contributed by atoms with E-state index in [0.717, 1.165) is 52.3 Å². The molecule has 2 aromatic heterocycles. The number of nitrogens with zero attached hydrogens (tertiary/aromatic N) is 2. The van der Waals surface area contributed by atoms with Crippen molar-refractivity contribution in [1.29, 1.82) is 0 Å². The number of halogens is 1. The number of hydrogen-bond donors (Lipinski definition) is 3. The van der Waals surface area contributed by atoms with Crippen LogP contribution in [0.2, 0.25) is 5.02 Å². The van der Waals surface area contributed by atoms with E-state index < -0.39 is 0 Å². The van der Waals surface area contributed by atoms with Crippen molar-refractivity contribution in [2.24, 2.45) is 0 Å². The minimum absolute atomic E-state index is 0.0781. The maximum absolute atomic E-state index is 10.1. The van der Waals surface area contributed by atoms with E-state index >= 15 is 0 Å². The lowest BCUT2D eigenvalue weighted by atomic mass is 9.93. The summed E-state index contributed by atoms with van der Waals surface area (Å²) in [6.07, 6.45) is 5.36. The predicted octanol–water partition coefficient (Wildman–Crippen LogP) is 4.22. The fraction of sp³-hybridized carbons (Fsp3) is 0.368. The van der Waals surface area contributed by atoms with Gasteiger partial charge in [0.05, 0.1) is 27.4 Å². The largest absolute Gasteiger partial charge is 0.489 e. The van der Waals surface area contributed by atoms with Gasteiger partial charge in [0.1, 0.15) is 18.2 Å². The number of anilines is 2. The van der Waals surface area contributed by atoms with Gasteiger partial charge in [-0.1, -0.05) is 35.8 Å². The molecule has 0 saturated heterocycles. The summed E-state index contributed by atoms with van der Waals surface area (Å²) in [7, 11) is 0. The minimum Gasteiger partial charge on any atom is -0.489 e. The summed E-state index contributed by atoms with van der Waals surface area (Å²) in [6, 6.07) is 7.66. The van der Waals surface area contributed by atoms with Gasteiger partial charge in [-0.15, -0.1) is 0 Å². The Labute approximate surface area is 166 Å². The van der Waals surface area contributed by atoms with Crippen molar-refractivity contribution >= 4 is 44.1 Å². The van der Waals surface area contributed by atoms with E-state index in [1.54, 1.807) is 23.6 Å². The number of ether oxygens (including phenoxy) is 1. The molecule has 1 saturated carbocycles. The molecule has 0 aliphatic heterocycles. The number of thiazole rings is 1. The summed E-state index contributed by atoms with van der Waals surface area (Å²) >= 11 is 7.72. The molecule has 142 valence electrons. The zero-order valence-corrected chi connectivity index (χ0v) is 16.3. The van der Waals surface area contributed by atoms with Crippen LogP contribution in [-0.2, 0) is 6.61 Å². The van der Waals surface area contributed by atoms with Crippen molar-refractivity contribution in [3.05, 3.63) is 41.0 Å². The van der Waals surface area contributed by atoms with E-state index in [1.807, 2.05) is 18.2 Å². The van der Waals surface area contributed by atoms with Crippen molar-refractivity contribution in [3.8, 4) is 5.75 Å². The average molecular weight is 405 g/mol. The van der Waals surface area contributed by atoms with Gasteiger partial charge < -0.3 is 20.9 Å². The Morgan fingerprint density at radius 3 is 3.00 bits per heavy atom. The average Bonchev–Trinajstić information content (AvgIpc) is 3.06. The fourth-order valence-electron chi connectivity index (χ4n) is 3.27. The second kappa shape index (κ2) is 7.88. The summed E-state index contributed by atoms with van der Waals surface area (Å²) in [4.78, 5) is 8.57. The number of pyridine rings is 1. The second-order valence-electron chi connectivity index (χ2n) is 6.71. The molecule has 8 heteroatoms. The van der Waals surface area contributed by atoms with Gasteiger partial charge in [0.25, 0.3) is 0 Å². The van der Waals surface area contributed by atoms with Crippen molar-refractivity contribution in [1.82, 2.24) is 9.97 Å². The van der Waals surface area contributed by atoms with E-state index in [2.05, 4.69) is 15.3 Å². The van der Waals surface area contributed by atoms with Crippen LogP contribution in [0.1, 0.15) is 31.2 Å². The first-order valence-corrected chi connectivity index (χ1v) is 10.2. The monoisotopic (exact) mass is 404 g/mol. The first kappa shape index (κ1) is 18.3. The molecule has 0 radical (unpaired) electrons. The molecule has 2 heterocycles. The molecule has 0 amide bonds. The van der Waals surface area contributed by atoms with Crippen molar-refractivity contribution in [3.63, 3.8) is 0 Å². The third kappa shape index (κ3) is 4.10. The fourth-order valence-corrected chi connectivity index (χ4v) is 4.39. The topological polar surface area (TPSA) is 93.3 Å². The van der Waals surface area contributed by atoms with Gasteiger partial charge in [-0.05, 0) is 37.1 Å². The van der Waals surface area contributed by atoms with Crippen LogP contribution in [0.5, 0.6) is 5.75 Å². The number of aliphatic hydroxyl groups excluding tert-OH is 1. The molecule has 4 rings (SSSR count). The zero-order chi connectivity index (χ0) is 18.8. The van der Waals surface area contributed by atoms with Crippen LogP contribution in [0.25, 0.3) is 10.2 Å². The van der Waals surface area contributed by atoms with E-state index in [-0.39, 0.29) is 12.1 Å². The van der Waals surface area contributed by atoms with Crippen LogP contribution >= 0.6 is 22.9 Å². The number of hydrogen-bond acceptors (Lipinski definition) is 7. The first-order chi connectivity index (χ1) is 13.1.